The first-order valence-corrected chi connectivity index (χ1v) is 5.62. The fraction of sp³-hybridized carbons (Fsp3) is 0. The number of nitrogens with zero attached hydrogens (tertiary/aromatic N) is 1. The van der Waals surface area contributed by atoms with Crippen LogP contribution in [0.2, 0.25) is 0 Å². The smallest absolute Gasteiger partial charge is 0.337 e. The van der Waals surface area contributed by atoms with Crippen LogP contribution in [0.3, 0.4) is 0 Å². The van der Waals surface area contributed by atoms with Gasteiger partial charge in [0.1, 0.15) is 0 Å². The SMILES string of the molecule is N#Cc1ccc(Oc2cc(C(=O)O)c(N)cc2F)c(F)c1. The third kappa shape index (κ3) is 2.90. The molecule has 0 unspecified atom stereocenters. The van der Waals surface area contributed by atoms with E-state index in [0.29, 0.717) is 0 Å². The van der Waals surface area contributed by atoms with Gasteiger partial charge in [-0.1, -0.05) is 0 Å². The van der Waals surface area contributed by atoms with Crippen molar-refractivity contribution < 1.29 is 23.4 Å². The van der Waals surface area contributed by atoms with Gasteiger partial charge in [-0.3, -0.25) is 0 Å². The molecule has 0 aliphatic rings. The number of nitriles is 1. The number of carbonyl (C=O) groups is 1. The average Bonchev–Trinajstić information content (AvgIpc) is 2.43. The number of nitrogen functional groups attached to an aromatic ring is 1. The molecular formula is C14H8F2N2O3. The molecule has 2 aromatic rings. The van der Waals surface area contributed by atoms with Crippen LogP contribution in [0, 0.1) is 23.0 Å². The number of hydrogen-bond donors (Lipinski definition) is 2. The van der Waals surface area contributed by atoms with Crippen LogP contribution in [0.4, 0.5) is 14.5 Å². The zero-order valence-electron chi connectivity index (χ0n) is 10.4. The van der Waals surface area contributed by atoms with Crippen LogP contribution in [-0.2, 0) is 0 Å². The molecule has 0 amide bonds. The Bertz CT molecular complexity index is 770. The number of benzene rings is 2. The summed E-state index contributed by atoms with van der Waals surface area (Å²) < 4.78 is 32.3. The maximum absolute atomic E-state index is 13.7. The van der Waals surface area contributed by atoms with E-state index in [0.717, 1.165) is 24.3 Å². The van der Waals surface area contributed by atoms with Crippen molar-refractivity contribution in [3.63, 3.8) is 0 Å². The Kier molecular flexibility index (Phi) is 3.71. The van der Waals surface area contributed by atoms with Crippen molar-refractivity contribution >= 4 is 11.7 Å². The highest BCUT2D eigenvalue weighted by Crippen LogP contribution is 2.30. The molecule has 5 nitrogen and oxygen atoms in total. The molecular weight excluding hydrogens is 282 g/mol. The molecule has 2 aromatic carbocycles. The second-order valence-electron chi connectivity index (χ2n) is 4.03. The highest BCUT2D eigenvalue weighted by atomic mass is 19.1. The highest BCUT2D eigenvalue weighted by molar-refractivity contribution is 5.94. The second kappa shape index (κ2) is 5.46. The minimum atomic E-state index is -1.36. The van der Waals surface area contributed by atoms with Gasteiger partial charge in [0, 0.05) is 17.8 Å². The van der Waals surface area contributed by atoms with Gasteiger partial charge in [0.05, 0.1) is 17.2 Å². The summed E-state index contributed by atoms with van der Waals surface area (Å²) in [7, 11) is 0. The van der Waals surface area contributed by atoms with E-state index in [9.17, 15) is 13.6 Å². The van der Waals surface area contributed by atoms with Gasteiger partial charge in [0.15, 0.2) is 23.1 Å². The van der Waals surface area contributed by atoms with Crippen molar-refractivity contribution in [2.75, 3.05) is 5.73 Å². The van der Waals surface area contributed by atoms with Gasteiger partial charge in [-0.2, -0.15) is 5.26 Å². The molecule has 3 N–H and O–H groups in total. The average molecular weight is 290 g/mol. The first kappa shape index (κ1) is 14.3. The number of carboxylic acid groups (broad SMARTS) is 1. The summed E-state index contributed by atoms with van der Waals surface area (Å²) in [5.41, 5.74) is 4.81. The molecule has 0 saturated heterocycles. The lowest BCUT2D eigenvalue weighted by atomic mass is 10.1. The fourth-order valence-electron chi connectivity index (χ4n) is 1.60. The lowest BCUT2D eigenvalue weighted by Crippen LogP contribution is -2.04. The predicted molar refractivity (Wildman–Crippen MR) is 69.0 cm³/mol. The van der Waals surface area contributed by atoms with Gasteiger partial charge in [0.2, 0.25) is 0 Å². The van der Waals surface area contributed by atoms with Crippen molar-refractivity contribution in [2.24, 2.45) is 0 Å². The normalized spacial score (nSPS) is 9.95. The Balaban J connectivity index is 2.42. The molecule has 0 atom stereocenters. The molecule has 0 radical (unpaired) electrons. The molecule has 2 rings (SSSR count). The molecule has 21 heavy (non-hydrogen) atoms. The summed E-state index contributed by atoms with van der Waals surface area (Å²) >= 11 is 0. The summed E-state index contributed by atoms with van der Waals surface area (Å²) in [6, 6.07) is 6.73. The predicted octanol–water partition coefficient (Wildman–Crippen LogP) is 2.91. The van der Waals surface area contributed by atoms with Gasteiger partial charge < -0.3 is 15.6 Å². The summed E-state index contributed by atoms with van der Waals surface area (Å²) in [5.74, 6) is -3.99. The number of carboxylic acids is 1. The summed E-state index contributed by atoms with van der Waals surface area (Å²) in [6.45, 7) is 0. The van der Waals surface area contributed by atoms with Crippen LogP contribution in [0.15, 0.2) is 30.3 Å². The molecule has 0 heterocycles. The minimum absolute atomic E-state index is 0.0730. The molecule has 0 fully saturated rings. The van der Waals surface area contributed by atoms with E-state index in [1.807, 2.05) is 0 Å². The summed E-state index contributed by atoms with van der Waals surface area (Å²) in [6.07, 6.45) is 0. The van der Waals surface area contributed by atoms with Gasteiger partial charge >= 0.3 is 5.97 Å². The number of anilines is 1. The van der Waals surface area contributed by atoms with Crippen molar-refractivity contribution in [1.29, 1.82) is 5.26 Å². The lowest BCUT2D eigenvalue weighted by Gasteiger charge is -2.10. The van der Waals surface area contributed by atoms with E-state index in [4.69, 9.17) is 20.8 Å². The first-order valence-electron chi connectivity index (χ1n) is 5.62. The van der Waals surface area contributed by atoms with Crippen LogP contribution in [-0.4, -0.2) is 11.1 Å². The van der Waals surface area contributed by atoms with E-state index >= 15 is 0 Å². The number of rotatable bonds is 3. The van der Waals surface area contributed by atoms with E-state index in [1.54, 1.807) is 6.07 Å². The van der Waals surface area contributed by atoms with Crippen LogP contribution < -0.4 is 10.5 Å². The maximum atomic E-state index is 13.7. The van der Waals surface area contributed by atoms with Gasteiger partial charge in [-0.05, 0) is 18.2 Å². The van der Waals surface area contributed by atoms with Crippen LogP contribution in [0.25, 0.3) is 0 Å². The zero-order valence-corrected chi connectivity index (χ0v) is 10.4. The molecule has 0 aromatic heterocycles. The highest BCUT2D eigenvalue weighted by Gasteiger charge is 2.16. The van der Waals surface area contributed by atoms with E-state index in [-0.39, 0.29) is 22.6 Å². The summed E-state index contributed by atoms with van der Waals surface area (Å²) in [4.78, 5) is 10.9. The number of halogens is 2. The topological polar surface area (TPSA) is 96.3 Å². The maximum Gasteiger partial charge on any atom is 0.337 e. The molecule has 106 valence electrons. The molecule has 0 saturated carbocycles. The molecule has 7 heteroatoms. The van der Waals surface area contributed by atoms with Crippen molar-refractivity contribution in [2.45, 2.75) is 0 Å². The van der Waals surface area contributed by atoms with Crippen LogP contribution in [0.5, 0.6) is 11.5 Å². The largest absolute Gasteiger partial charge is 0.478 e. The van der Waals surface area contributed by atoms with Crippen molar-refractivity contribution in [3.8, 4) is 17.6 Å². The molecule has 0 bridgehead atoms. The third-order valence-corrected chi connectivity index (χ3v) is 2.62. The molecule has 0 spiro atoms. The van der Waals surface area contributed by atoms with Crippen molar-refractivity contribution in [1.82, 2.24) is 0 Å². The van der Waals surface area contributed by atoms with Gasteiger partial charge in [-0.25, -0.2) is 13.6 Å². The van der Waals surface area contributed by atoms with Gasteiger partial charge in [0.25, 0.3) is 0 Å². The lowest BCUT2D eigenvalue weighted by molar-refractivity contribution is 0.0697. The first-order chi connectivity index (χ1) is 9.92. The molecule has 0 aliphatic carbocycles. The minimum Gasteiger partial charge on any atom is -0.478 e. The van der Waals surface area contributed by atoms with Gasteiger partial charge in [-0.15, -0.1) is 0 Å². The van der Waals surface area contributed by atoms with E-state index < -0.39 is 23.4 Å². The Morgan fingerprint density at radius 3 is 2.43 bits per heavy atom. The summed E-state index contributed by atoms with van der Waals surface area (Å²) in [5, 5.41) is 17.5. The monoisotopic (exact) mass is 290 g/mol. The number of hydrogen-bond acceptors (Lipinski definition) is 4. The second-order valence-corrected chi connectivity index (χ2v) is 4.03. The Labute approximate surface area is 117 Å². The Hall–Kier alpha value is -3.14. The quantitative estimate of drug-likeness (QED) is 0.847. The third-order valence-electron chi connectivity index (χ3n) is 2.62. The Morgan fingerprint density at radius 2 is 1.86 bits per heavy atom. The van der Waals surface area contributed by atoms with E-state index in [2.05, 4.69) is 0 Å². The van der Waals surface area contributed by atoms with Crippen LogP contribution in [0.1, 0.15) is 15.9 Å². The number of ether oxygens (including phenoxy) is 1. The molecule has 0 aliphatic heterocycles. The number of aromatic carboxylic acids is 1. The standard InChI is InChI=1S/C14H8F2N2O3/c15-9-3-7(6-17)1-2-12(9)21-13-4-8(14(19)20)11(18)5-10(13)16/h1-5H,18H2,(H,19,20). The van der Waals surface area contributed by atoms with Crippen LogP contribution >= 0.6 is 0 Å². The van der Waals surface area contributed by atoms with Crippen molar-refractivity contribution in [3.05, 3.63) is 53.1 Å². The fourth-order valence-corrected chi connectivity index (χ4v) is 1.60. The van der Waals surface area contributed by atoms with E-state index in [1.165, 1.54) is 6.07 Å². The Morgan fingerprint density at radius 1 is 1.19 bits per heavy atom. The number of nitrogens with two attached hydrogens (primary N) is 1. The zero-order chi connectivity index (χ0) is 15.6.